The van der Waals surface area contributed by atoms with E-state index in [2.05, 4.69) is 16.0 Å². The highest BCUT2D eigenvalue weighted by atomic mass is 16.2. The first-order valence-electron chi connectivity index (χ1n) is 8.59. The van der Waals surface area contributed by atoms with Crippen LogP contribution in [0.4, 0.5) is 10.5 Å². The van der Waals surface area contributed by atoms with E-state index in [-0.39, 0.29) is 23.9 Å². The molecule has 23 heavy (non-hydrogen) atoms. The van der Waals surface area contributed by atoms with Gasteiger partial charge in [-0.05, 0) is 50.3 Å². The Hall–Kier alpha value is -2.04. The van der Waals surface area contributed by atoms with Gasteiger partial charge in [0.15, 0.2) is 0 Å². The number of nitrogens with one attached hydrogen (secondary N) is 3. The van der Waals surface area contributed by atoms with Crippen molar-refractivity contribution in [1.82, 2.24) is 10.6 Å². The van der Waals surface area contributed by atoms with Crippen LogP contribution in [-0.4, -0.2) is 18.0 Å². The Bertz CT molecular complexity index is 560. The van der Waals surface area contributed by atoms with E-state index in [9.17, 15) is 9.59 Å². The molecule has 1 atom stereocenters. The van der Waals surface area contributed by atoms with Crippen molar-refractivity contribution in [3.8, 4) is 0 Å². The second kappa shape index (κ2) is 7.02. The van der Waals surface area contributed by atoms with Crippen LogP contribution < -0.4 is 16.0 Å². The third kappa shape index (κ3) is 4.47. The van der Waals surface area contributed by atoms with Gasteiger partial charge in [0.25, 0.3) is 0 Å². The smallest absolute Gasteiger partial charge is 0.315 e. The maximum absolute atomic E-state index is 12.0. The molecular weight excluding hydrogens is 290 g/mol. The molecule has 5 heteroatoms. The molecule has 0 heterocycles. The van der Waals surface area contributed by atoms with Crippen LogP contribution in [0.15, 0.2) is 24.3 Å². The third-order valence-electron chi connectivity index (χ3n) is 4.66. The second-order valence-electron chi connectivity index (χ2n) is 6.71. The largest absolute Gasteiger partial charge is 0.335 e. The summed E-state index contributed by atoms with van der Waals surface area (Å²) >= 11 is 0. The van der Waals surface area contributed by atoms with Gasteiger partial charge in [-0.25, -0.2) is 4.79 Å². The van der Waals surface area contributed by atoms with Crippen molar-refractivity contribution < 1.29 is 9.59 Å². The molecule has 0 spiro atoms. The Morgan fingerprint density at radius 1 is 1.04 bits per heavy atom. The van der Waals surface area contributed by atoms with Gasteiger partial charge < -0.3 is 16.0 Å². The number of carbonyl (C=O) groups is 2. The van der Waals surface area contributed by atoms with Gasteiger partial charge in [0.2, 0.25) is 5.91 Å². The lowest BCUT2D eigenvalue weighted by atomic mass is 10.1. The lowest BCUT2D eigenvalue weighted by molar-refractivity contribution is -0.117. The van der Waals surface area contributed by atoms with Crippen molar-refractivity contribution in [2.75, 3.05) is 5.32 Å². The topological polar surface area (TPSA) is 70.2 Å². The monoisotopic (exact) mass is 315 g/mol. The minimum absolute atomic E-state index is 0.0652. The number of hydrogen-bond acceptors (Lipinski definition) is 2. The van der Waals surface area contributed by atoms with E-state index in [1.54, 1.807) is 0 Å². The van der Waals surface area contributed by atoms with Crippen molar-refractivity contribution in [3.63, 3.8) is 0 Å². The molecule has 0 bridgehead atoms. The zero-order valence-corrected chi connectivity index (χ0v) is 13.6. The Kier molecular flexibility index (Phi) is 4.84. The normalized spacial score (nSPS) is 19.2. The van der Waals surface area contributed by atoms with Crippen LogP contribution in [0.25, 0.3) is 0 Å². The highest BCUT2D eigenvalue weighted by molar-refractivity contribution is 5.94. The van der Waals surface area contributed by atoms with Gasteiger partial charge in [-0.1, -0.05) is 25.0 Å². The molecule has 124 valence electrons. The maximum Gasteiger partial charge on any atom is 0.315 e. The standard InChI is InChI=1S/C18H25N3O2/c1-12(19-18(23)21-15-4-2-3-5-15)13-8-10-16(11-9-13)20-17(22)14-6-7-14/h8-12,14-15H,2-7H2,1H3,(H,20,22)(H2,19,21,23)/t12-/m0/s1. The predicted octanol–water partition coefficient (Wildman–Crippen LogP) is 3.34. The summed E-state index contributed by atoms with van der Waals surface area (Å²) in [7, 11) is 0. The molecular formula is C18H25N3O2. The number of rotatable bonds is 5. The van der Waals surface area contributed by atoms with Gasteiger partial charge in [-0.15, -0.1) is 0 Å². The minimum atomic E-state index is -0.101. The van der Waals surface area contributed by atoms with E-state index >= 15 is 0 Å². The zero-order valence-electron chi connectivity index (χ0n) is 13.6. The van der Waals surface area contributed by atoms with E-state index < -0.39 is 0 Å². The van der Waals surface area contributed by atoms with Crippen LogP contribution >= 0.6 is 0 Å². The average Bonchev–Trinajstić information content (AvgIpc) is 3.27. The molecule has 2 aliphatic rings. The summed E-state index contributed by atoms with van der Waals surface area (Å²) in [5.74, 6) is 0.314. The average molecular weight is 315 g/mol. The Morgan fingerprint density at radius 3 is 2.30 bits per heavy atom. The van der Waals surface area contributed by atoms with Gasteiger partial charge in [0.05, 0.1) is 6.04 Å². The number of anilines is 1. The summed E-state index contributed by atoms with van der Waals surface area (Å²) < 4.78 is 0. The SMILES string of the molecule is C[C@H](NC(=O)NC1CCCC1)c1ccc(NC(=O)C2CC2)cc1. The number of carbonyl (C=O) groups excluding carboxylic acids is 2. The molecule has 3 N–H and O–H groups in total. The quantitative estimate of drug-likeness (QED) is 0.780. The molecule has 2 fully saturated rings. The molecule has 3 amide bonds. The van der Waals surface area contributed by atoms with Gasteiger partial charge >= 0.3 is 6.03 Å². The molecule has 1 aromatic carbocycles. The van der Waals surface area contributed by atoms with E-state index in [1.165, 1.54) is 12.8 Å². The summed E-state index contributed by atoms with van der Waals surface area (Å²) in [6, 6.07) is 7.83. The molecule has 2 saturated carbocycles. The molecule has 0 unspecified atom stereocenters. The Balaban J connectivity index is 1.49. The molecule has 0 aliphatic heterocycles. The van der Waals surface area contributed by atoms with E-state index in [4.69, 9.17) is 0 Å². The minimum Gasteiger partial charge on any atom is -0.335 e. The fraction of sp³-hybridized carbons (Fsp3) is 0.556. The van der Waals surface area contributed by atoms with Crippen molar-refractivity contribution >= 4 is 17.6 Å². The summed E-state index contributed by atoms with van der Waals surface area (Å²) in [5, 5.41) is 8.92. The second-order valence-corrected chi connectivity index (χ2v) is 6.71. The van der Waals surface area contributed by atoms with Crippen LogP contribution in [-0.2, 0) is 4.79 Å². The Labute approximate surface area is 137 Å². The summed E-state index contributed by atoms with van der Waals surface area (Å²) in [4.78, 5) is 23.7. The van der Waals surface area contributed by atoms with Gasteiger partial charge in [0.1, 0.15) is 0 Å². The van der Waals surface area contributed by atoms with E-state index in [0.29, 0.717) is 6.04 Å². The lowest BCUT2D eigenvalue weighted by Crippen LogP contribution is -2.41. The van der Waals surface area contributed by atoms with E-state index in [1.807, 2.05) is 31.2 Å². The molecule has 2 aliphatic carbocycles. The summed E-state index contributed by atoms with van der Waals surface area (Å²) in [5.41, 5.74) is 1.84. The van der Waals surface area contributed by atoms with Crippen molar-refractivity contribution in [1.29, 1.82) is 0 Å². The fourth-order valence-corrected chi connectivity index (χ4v) is 3.02. The molecule has 0 aromatic heterocycles. The zero-order chi connectivity index (χ0) is 16.2. The molecule has 5 nitrogen and oxygen atoms in total. The number of benzene rings is 1. The highest BCUT2D eigenvalue weighted by Gasteiger charge is 2.29. The summed E-state index contributed by atoms with van der Waals surface area (Å²) in [6.45, 7) is 1.96. The maximum atomic E-state index is 12.0. The molecule has 1 aromatic rings. The third-order valence-corrected chi connectivity index (χ3v) is 4.66. The van der Waals surface area contributed by atoms with Gasteiger partial charge in [-0.3, -0.25) is 4.79 Å². The van der Waals surface area contributed by atoms with Crippen molar-refractivity contribution in [2.24, 2.45) is 5.92 Å². The van der Waals surface area contributed by atoms with Crippen molar-refractivity contribution in [2.45, 2.75) is 57.5 Å². The lowest BCUT2D eigenvalue weighted by Gasteiger charge is -2.18. The van der Waals surface area contributed by atoms with Crippen LogP contribution in [0, 0.1) is 5.92 Å². The number of hydrogen-bond donors (Lipinski definition) is 3. The van der Waals surface area contributed by atoms with Crippen molar-refractivity contribution in [3.05, 3.63) is 29.8 Å². The number of amides is 3. The van der Waals surface area contributed by atoms with Crippen LogP contribution in [0.5, 0.6) is 0 Å². The Morgan fingerprint density at radius 2 is 1.70 bits per heavy atom. The van der Waals surface area contributed by atoms with Crippen LogP contribution in [0.3, 0.4) is 0 Å². The highest BCUT2D eigenvalue weighted by Crippen LogP contribution is 2.30. The molecule has 0 saturated heterocycles. The number of urea groups is 1. The van der Waals surface area contributed by atoms with Crippen LogP contribution in [0.1, 0.15) is 57.1 Å². The first-order valence-corrected chi connectivity index (χ1v) is 8.59. The first-order chi connectivity index (χ1) is 11.1. The van der Waals surface area contributed by atoms with Crippen LogP contribution in [0.2, 0.25) is 0 Å². The summed E-state index contributed by atoms with van der Waals surface area (Å²) in [6.07, 6.45) is 6.57. The van der Waals surface area contributed by atoms with E-state index in [0.717, 1.165) is 36.9 Å². The van der Waals surface area contributed by atoms with Gasteiger partial charge in [0, 0.05) is 17.6 Å². The molecule has 0 radical (unpaired) electrons. The first kappa shape index (κ1) is 15.8. The molecule has 3 rings (SSSR count). The fourth-order valence-electron chi connectivity index (χ4n) is 3.02. The van der Waals surface area contributed by atoms with Gasteiger partial charge in [-0.2, -0.15) is 0 Å². The predicted molar refractivity (Wildman–Crippen MR) is 90.1 cm³/mol.